The van der Waals surface area contributed by atoms with E-state index in [1.807, 2.05) is 0 Å². The summed E-state index contributed by atoms with van der Waals surface area (Å²) in [6, 6.07) is 0. The van der Waals surface area contributed by atoms with Crippen molar-refractivity contribution in [2.24, 2.45) is 0 Å². The summed E-state index contributed by atoms with van der Waals surface area (Å²) in [7, 11) is -4.38. The molecule has 0 aromatic rings. The lowest BCUT2D eigenvalue weighted by Gasteiger charge is -1.86. The lowest BCUT2D eigenvalue weighted by Crippen LogP contribution is -1.99. The van der Waals surface area contributed by atoms with Gasteiger partial charge in [0.25, 0.3) is 10.1 Å². The van der Waals surface area contributed by atoms with E-state index in [4.69, 9.17) is 4.55 Å². The van der Waals surface area contributed by atoms with Crippen LogP contribution in [-0.2, 0) is 24.4 Å². The van der Waals surface area contributed by atoms with Gasteiger partial charge in [0, 0.05) is 0 Å². The van der Waals surface area contributed by atoms with Gasteiger partial charge in [-0.15, -0.1) is 0 Å². The predicted octanol–water partition coefficient (Wildman–Crippen LogP) is -0.768. The molecule has 12 heavy (non-hydrogen) atoms. The topological polar surface area (TPSA) is 97.7 Å². The maximum atomic E-state index is 10.6. The SMILES string of the molecule is O=C1CC(=CS(=O)(=O)O)C(=O)O1. The van der Waals surface area contributed by atoms with E-state index in [0.29, 0.717) is 5.41 Å². The highest BCUT2D eigenvalue weighted by Crippen LogP contribution is 2.15. The van der Waals surface area contributed by atoms with Crippen molar-refractivity contribution >= 4 is 22.1 Å². The zero-order valence-electron chi connectivity index (χ0n) is 5.68. The molecule has 7 heteroatoms. The number of carbonyl (C=O) groups excluding carboxylic acids is 2. The third-order valence-electron chi connectivity index (χ3n) is 1.09. The second kappa shape index (κ2) is 2.68. The highest BCUT2D eigenvalue weighted by atomic mass is 32.2. The van der Waals surface area contributed by atoms with Crippen molar-refractivity contribution in [1.82, 2.24) is 0 Å². The largest absolute Gasteiger partial charge is 0.389 e. The smallest absolute Gasteiger partial charge is 0.343 e. The van der Waals surface area contributed by atoms with Gasteiger partial charge in [0.05, 0.1) is 17.4 Å². The normalized spacial score (nSPS) is 21.6. The monoisotopic (exact) mass is 192 g/mol. The van der Waals surface area contributed by atoms with E-state index < -0.39 is 28.5 Å². The van der Waals surface area contributed by atoms with Crippen LogP contribution in [0.3, 0.4) is 0 Å². The van der Waals surface area contributed by atoms with Gasteiger partial charge in [0.2, 0.25) is 0 Å². The molecule has 0 aromatic heterocycles. The average molecular weight is 192 g/mol. The number of hydrogen-bond donors (Lipinski definition) is 1. The van der Waals surface area contributed by atoms with E-state index in [0.717, 1.165) is 0 Å². The lowest BCUT2D eigenvalue weighted by atomic mass is 10.3. The minimum atomic E-state index is -4.38. The number of esters is 2. The first-order chi connectivity index (χ1) is 5.38. The summed E-state index contributed by atoms with van der Waals surface area (Å²) < 4.78 is 32.7. The third kappa shape index (κ3) is 2.14. The molecule has 0 aromatic carbocycles. The number of ether oxygens (including phenoxy) is 1. The van der Waals surface area contributed by atoms with E-state index in [2.05, 4.69) is 4.74 Å². The average Bonchev–Trinajstić information content (AvgIpc) is 2.06. The van der Waals surface area contributed by atoms with Gasteiger partial charge in [-0.05, 0) is 0 Å². The van der Waals surface area contributed by atoms with Crippen LogP contribution >= 0.6 is 0 Å². The summed E-state index contributed by atoms with van der Waals surface area (Å²) in [5.74, 6) is -1.85. The van der Waals surface area contributed by atoms with Crippen molar-refractivity contribution < 1.29 is 27.3 Å². The van der Waals surface area contributed by atoms with Gasteiger partial charge in [0.1, 0.15) is 0 Å². The molecule has 0 amide bonds. The fourth-order valence-corrected chi connectivity index (χ4v) is 1.24. The number of carbonyl (C=O) groups is 2. The van der Waals surface area contributed by atoms with Crippen molar-refractivity contribution in [2.75, 3.05) is 0 Å². The Bertz CT molecular complexity index is 361. The fourth-order valence-electron chi connectivity index (χ4n) is 0.702. The van der Waals surface area contributed by atoms with Crippen LogP contribution in [-0.4, -0.2) is 24.9 Å². The molecule has 0 radical (unpaired) electrons. The molecule has 1 heterocycles. The molecule has 6 nitrogen and oxygen atoms in total. The lowest BCUT2D eigenvalue weighted by molar-refractivity contribution is -0.151. The predicted molar refractivity (Wildman–Crippen MR) is 35.3 cm³/mol. The first-order valence-corrected chi connectivity index (χ1v) is 4.32. The van der Waals surface area contributed by atoms with Crippen molar-refractivity contribution in [2.45, 2.75) is 6.42 Å². The number of rotatable bonds is 1. The van der Waals surface area contributed by atoms with E-state index in [1.54, 1.807) is 0 Å². The molecule has 1 saturated heterocycles. The Morgan fingerprint density at radius 1 is 1.42 bits per heavy atom. The zero-order chi connectivity index (χ0) is 9.35. The van der Waals surface area contributed by atoms with Crippen LogP contribution in [0, 0.1) is 0 Å². The summed E-state index contributed by atoms with van der Waals surface area (Å²) in [5.41, 5.74) is -0.359. The summed E-state index contributed by atoms with van der Waals surface area (Å²) in [4.78, 5) is 21.0. The third-order valence-corrected chi connectivity index (χ3v) is 1.68. The summed E-state index contributed by atoms with van der Waals surface area (Å²) in [5, 5.41) is 0.306. The Hall–Kier alpha value is -1.21. The van der Waals surface area contributed by atoms with Crippen LogP contribution in [0.15, 0.2) is 11.0 Å². The molecular formula is C5H4O6S. The molecule has 66 valence electrons. The molecule has 1 aliphatic rings. The van der Waals surface area contributed by atoms with Crippen LogP contribution in [0.25, 0.3) is 0 Å². The van der Waals surface area contributed by atoms with Crippen LogP contribution in [0.2, 0.25) is 0 Å². The van der Waals surface area contributed by atoms with Gasteiger partial charge >= 0.3 is 11.9 Å². The Kier molecular flexibility index (Phi) is 1.99. The Balaban J connectivity index is 2.99. The van der Waals surface area contributed by atoms with Gasteiger partial charge < -0.3 is 4.74 Å². The Morgan fingerprint density at radius 2 is 2.00 bits per heavy atom. The minimum Gasteiger partial charge on any atom is -0.389 e. The minimum absolute atomic E-state index is 0.306. The van der Waals surface area contributed by atoms with Crippen molar-refractivity contribution in [3.8, 4) is 0 Å². The molecule has 0 bridgehead atoms. The standard InChI is InChI=1S/C5H4O6S/c6-4-1-3(5(7)11-4)2-12(8,9)10/h2H,1H2,(H,8,9,10). The second-order valence-electron chi connectivity index (χ2n) is 2.10. The molecule has 1 fully saturated rings. The van der Waals surface area contributed by atoms with Crippen LogP contribution in [0.1, 0.15) is 6.42 Å². The molecule has 0 saturated carbocycles. The van der Waals surface area contributed by atoms with Gasteiger partial charge in [-0.25, -0.2) is 4.79 Å². The van der Waals surface area contributed by atoms with Crippen LogP contribution in [0.4, 0.5) is 0 Å². The van der Waals surface area contributed by atoms with Gasteiger partial charge in [-0.3, -0.25) is 9.35 Å². The van der Waals surface area contributed by atoms with Gasteiger partial charge in [-0.2, -0.15) is 8.42 Å². The second-order valence-corrected chi connectivity index (χ2v) is 3.36. The Morgan fingerprint density at radius 3 is 2.33 bits per heavy atom. The molecule has 1 aliphatic heterocycles. The molecule has 1 N–H and O–H groups in total. The molecular weight excluding hydrogens is 188 g/mol. The molecule has 0 aliphatic carbocycles. The quantitative estimate of drug-likeness (QED) is 0.253. The Labute approximate surface area is 67.6 Å². The highest BCUT2D eigenvalue weighted by Gasteiger charge is 2.28. The van der Waals surface area contributed by atoms with Crippen molar-refractivity contribution in [3.05, 3.63) is 11.0 Å². The molecule has 1 rings (SSSR count). The first kappa shape index (κ1) is 8.88. The maximum Gasteiger partial charge on any atom is 0.343 e. The first-order valence-electron chi connectivity index (χ1n) is 2.81. The number of cyclic esters (lactones) is 2. The summed E-state index contributed by atoms with van der Waals surface area (Å²) >= 11 is 0. The van der Waals surface area contributed by atoms with Crippen LogP contribution in [0.5, 0.6) is 0 Å². The molecule has 0 spiro atoms. The van der Waals surface area contributed by atoms with E-state index >= 15 is 0 Å². The fraction of sp³-hybridized carbons (Fsp3) is 0.200. The maximum absolute atomic E-state index is 10.6. The van der Waals surface area contributed by atoms with Crippen molar-refractivity contribution in [1.29, 1.82) is 0 Å². The molecule has 0 atom stereocenters. The van der Waals surface area contributed by atoms with E-state index in [-0.39, 0.29) is 5.57 Å². The summed E-state index contributed by atoms with van der Waals surface area (Å²) in [6.45, 7) is 0. The zero-order valence-corrected chi connectivity index (χ0v) is 6.50. The van der Waals surface area contributed by atoms with E-state index in [1.165, 1.54) is 0 Å². The van der Waals surface area contributed by atoms with Crippen LogP contribution < -0.4 is 0 Å². The number of hydrogen-bond acceptors (Lipinski definition) is 5. The summed E-state index contributed by atoms with van der Waals surface area (Å²) in [6.07, 6.45) is -0.418. The van der Waals surface area contributed by atoms with Gasteiger partial charge in [-0.1, -0.05) is 0 Å². The van der Waals surface area contributed by atoms with Gasteiger partial charge in [0.15, 0.2) is 0 Å². The van der Waals surface area contributed by atoms with Crippen molar-refractivity contribution in [3.63, 3.8) is 0 Å². The van der Waals surface area contributed by atoms with E-state index in [9.17, 15) is 18.0 Å². The highest BCUT2D eigenvalue weighted by molar-refractivity contribution is 7.88. The molecule has 0 unspecified atom stereocenters.